The molecular weight excluding hydrogens is 480 g/mol. The van der Waals surface area contributed by atoms with E-state index in [9.17, 15) is 28.8 Å². The summed E-state index contributed by atoms with van der Waals surface area (Å²) in [6, 6.07) is 2.97. The van der Waals surface area contributed by atoms with Gasteiger partial charge in [-0.15, -0.1) is 0 Å². The molecule has 0 heterocycles. The van der Waals surface area contributed by atoms with Crippen LogP contribution in [0.15, 0.2) is 30.3 Å². The van der Waals surface area contributed by atoms with Crippen LogP contribution in [-0.4, -0.2) is 86.8 Å². The second-order valence-electron chi connectivity index (χ2n) is 7.87. The molecule has 14 nitrogen and oxygen atoms in total. The number of carbonyl (C=O) groups is 6. The Morgan fingerprint density at radius 2 is 1.17 bits per heavy atom. The number of hydrogen-bond acceptors (Lipinski definition) is 8. The zero-order chi connectivity index (χ0) is 27.3. The second kappa shape index (κ2) is 15.1. The van der Waals surface area contributed by atoms with Crippen molar-refractivity contribution in [2.75, 3.05) is 6.61 Å². The molecule has 0 saturated carbocycles. The number of carboxylic acids is 3. The van der Waals surface area contributed by atoms with Crippen LogP contribution in [0.4, 0.5) is 0 Å². The summed E-state index contributed by atoms with van der Waals surface area (Å²) >= 11 is 0. The Morgan fingerprint density at radius 3 is 1.58 bits per heavy atom. The highest BCUT2D eigenvalue weighted by molar-refractivity contribution is 5.94. The van der Waals surface area contributed by atoms with Gasteiger partial charge in [0.1, 0.15) is 18.1 Å². The first-order chi connectivity index (χ1) is 16.9. The van der Waals surface area contributed by atoms with E-state index in [2.05, 4.69) is 10.6 Å². The zero-order valence-electron chi connectivity index (χ0n) is 19.3. The molecule has 36 heavy (non-hydrogen) atoms. The summed E-state index contributed by atoms with van der Waals surface area (Å²) in [6.45, 7) is -0.961. The molecule has 0 spiro atoms. The highest BCUT2D eigenvalue weighted by atomic mass is 16.4. The van der Waals surface area contributed by atoms with Gasteiger partial charge in [-0.2, -0.15) is 0 Å². The molecule has 1 rings (SSSR count). The highest BCUT2D eigenvalue weighted by Crippen LogP contribution is 2.06. The first-order valence-electron chi connectivity index (χ1n) is 10.9. The normalized spacial score (nSPS) is 13.9. The van der Waals surface area contributed by atoms with E-state index < -0.39 is 85.7 Å². The van der Waals surface area contributed by atoms with Crippen LogP contribution in [0.25, 0.3) is 0 Å². The van der Waals surface area contributed by atoms with E-state index in [1.807, 2.05) is 5.32 Å². The van der Waals surface area contributed by atoms with E-state index >= 15 is 0 Å². The van der Waals surface area contributed by atoms with Crippen molar-refractivity contribution in [2.24, 2.45) is 5.73 Å². The molecule has 0 aliphatic heterocycles. The molecule has 0 saturated heterocycles. The lowest BCUT2D eigenvalue weighted by Crippen LogP contribution is -2.57. The van der Waals surface area contributed by atoms with Crippen LogP contribution >= 0.6 is 0 Å². The number of hydrogen-bond donors (Lipinski definition) is 8. The van der Waals surface area contributed by atoms with Crippen molar-refractivity contribution in [3.8, 4) is 0 Å². The Balaban J connectivity index is 2.99. The molecule has 0 aliphatic carbocycles. The molecule has 0 aromatic heterocycles. The number of nitrogens with two attached hydrogens (primary N) is 1. The molecule has 14 heteroatoms. The van der Waals surface area contributed by atoms with Gasteiger partial charge in [0, 0.05) is 12.8 Å². The highest BCUT2D eigenvalue weighted by Gasteiger charge is 2.30. The van der Waals surface area contributed by atoms with E-state index in [4.69, 9.17) is 26.2 Å². The monoisotopic (exact) mass is 510 g/mol. The van der Waals surface area contributed by atoms with Gasteiger partial charge in [0.15, 0.2) is 0 Å². The van der Waals surface area contributed by atoms with Crippen molar-refractivity contribution in [2.45, 2.75) is 56.3 Å². The van der Waals surface area contributed by atoms with Gasteiger partial charge in [-0.25, -0.2) is 4.79 Å². The second-order valence-corrected chi connectivity index (χ2v) is 7.87. The Hall–Kier alpha value is -4.04. The molecule has 9 N–H and O–H groups in total. The van der Waals surface area contributed by atoms with Crippen LogP contribution in [0.1, 0.15) is 31.2 Å². The molecular formula is C22H30N4O10. The summed E-state index contributed by atoms with van der Waals surface area (Å²) in [5.74, 6) is -6.98. The molecule has 1 aromatic carbocycles. The van der Waals surface area contributed by atoms with Crippen LogP contribution in [0.2, 0.25) is 0 Å². The Labute approximate surface area is 205 Å². The average Bonchev–Trinajstić information content (AvgIpc) is 2.82. The van der Waals surface area contributed by atoms with Gasteiger partial charge >= 0.3 is 17.9 Å². The lowest BCUT2D eigenvalue weighted by Gasteiger charge is -2.24. The minimum Gasteiger partial charge on any atom is -0.481 e. The third kappa shape index (κ3) is 10.9. The number of nitrogens with one attached hydrogen (secondary N) is 3. The van der Waals surface area contributed by atoms with Crippen molar-refractivity contribution in [3.05, 3.63) is 35.9 Å². The van der Waals surface area contributed by atoms with Crippen LogP contribution in [0.5, 0.6) is 0 Å². The Morgan fingerprint density at radius 1 is 0.722 bits per heavy atom. The summed E-state index contributed by atoms with van der Waals surface area (Å²) in [6.07, 6.45) is -1.79. The SMILES string of the molecule is NC(Cc1ccccc1)C(=O)NC(CCC(=O)O)C(=O)NC(CCC(=O)O)C(=O)NC(CO)C(=O)O. The third-order valence-electron chi connectivity index (χ3n) is 4.99. The van der Waals surface area contributed by atoms with Crippen molar-refractivity contribution < 1.29 is 49.2 Å². The molecule has 3 amide bonds. The molecule has 198 valence electrons. The van der Waals surface area contributed by atoms with Gasteiger partial charge < -0.3 is 42.1 Å². The number of benzene rings is 1. The fraction of sp³-hybridized carbons (Fsp3) is 0.455. The van der Waals surface area contributed by atoms with Gasteiger partial charge in [0.05, 0.1) is 12.6 Å². The van der Waals surface area contributed by atoms with Gasteiger partial charge in [0.25, 0.3) is 0 Å². The summed E-state index contributed by atoms with van der Waals surface area (Å²) in [7, 11) is 0. The van der Waals surface area contributed by atoms with Gasteiger partial charge in [-0.3, -0.25) is 24.0 Å². The van der Waals surface area contributed by atoms with Crippen LogP contribution in [-0.2, 0) is 35.2 Å². The molecule has 1 aromatic rings. The van der Waals surface area contributed by atoms with Crippen molar-refractivity contribution >= 4 is 35.6 Å². The number of rotatable bonds is 16. The van der Waals surface area contributed by atoms with Crippen molar-refractivity contribution in [1.82, 2.24) is 16.0 Å². The van der Waals surface area contributed by atoms with E-state index in [0.29, 0.717) is 0 Å². The predicted octanol–water partition coefficient (Wildman–Crippen LogP) is -2.18. The number of carbonyl (C=O) groups excluding carboxylic acids is 3. The predicted molar refractivity (Wildman–Crippen MR) is 122 cm³/mol. The number of aliphatic carboxylic acids is 3. The van der Waals surface area contributed by atoms with E-state index in [1.54, 1.807) is 30.3 Å². The molecule has 4 unspecified atom stereocenters. The quantitative estimate of drug-likeness (QED) is 0.119. The maximum absolute atomic E-state index is 12.9. The van der Waals surface area contributed by atoms with E-state index in [0.717, 1.165) is 5.56 Å². The summed E-state index contributed by atoms with van der Waals surface area (Å²) in [5, 5.41) is 42.6. The van der Waals surface area contributed by atoms with Gasteiger partial charge in [-0.1, -0.05) is 30.3 Å². The van der Waals surface area contributed by atoms with Crippen LogP contribution in [0, 0.1) is 0 Å². The van der Waals surface area contributed by atoms with Crippen LogP contribution < -0.4 is 21.7 Å². The lowest BCUT2D eigenvalue weighted by molar-refractivity contribution is -0.144. The minimum atomic E-state index is -1.71. The van der Waals surface area contributed by atoms with Crippen molar-refractivity contribution in [3.63, 3.8) is 0 Å². The maximum atomic E-state index is 12.9. The first-order valence-corrected chi connectivity index (χ1v) is 10.9. The lowest BCUT2D eigenvalue weighted by atomic mass is 10.0. The topological polar surface area (TPSA) is 245 Å². The first kappa shape index (κ1) is 30.0. The molecule has 0 radical (unpaired) electrons. The smallest absolute Gasteiger partial charge is 0.328 e. The van der Waals surface area contributed by atoms with Crippen molar-refractivity contribution in [1.29, 1.82) is 0 Å². The number of aliphatic hydroxyl groups excluding tert-OH is 1. The summed E-state index contributed by atoms with van der Waals surface area (Å²) in [5.41, 5.74) is 6.66. The molecule has 0 aliphatic rings. The molecule has 4 atom stereocenters. The Kier molecular flexibility index (Phi) is 12.5. The minimum absolute atomic E-state index is 0.126. The maximum Gasteiger partial charge on any atom is 0.328 e. The third-order valence-corrected chi connectivity index (χ3v) is 4.99. The summed E-state index contributed by atoms with van der Waals surface area (Å²) < 4.78 is 0. The number of carboxylic acid groups (broad SMARTS) is 3. The fourth-order valence-corrected chi connectivity index (χ4v) is 3.04. The number of amides is 3. The van der Waals surface area contributed by atoms with E-state index in [-0.39, 0.29) is 12.8 Å². The van der Waals surface area contributed by atoms with E-state index in [1.165, 1.54) is 0 Å². The average molecular weight is 511 g/mol. The zero-order valence-corrected chi connectivity index (χ0v) is 19.3. The number of aliphatic hydroxyl groups is 1. The van der Waals surface area contributed by atoms with Gasteiger partial charge in [0.2, 0.25) is 17.7 Å². The molecule has 0 fully saturated rings. The van der Waals surface area contributed by atoms with Crippen LogP contribution in [0.3, 0.4) is 0 Å². The molecule has 0 bridgehead atoms. The largest absolute Gasteiger partial charge is 0.481 e. The Bertz CT molecular complexity index is 940. The summed E-state index contributed by atoms with van der Waals surface area (Å²) in [4.78, 5) is 71.0. The van der Waals surface area contributed by atoms with Gasteiger partial charge in [-0.05, 0) is 24.8 Å². The fourth-order valence-electron chi connectivity index (χ4n) is 3.04. The standard InChI is InChI=1S/C22H30N4O10/c23-13(10-12-4-2-1-3-5-12)19(32)24-14(6-8-17(28)29)20(33)25-15(7-9-18(30)31)21(34)26-16(11-27)22(35)36/h1-5,13-16,27H,6-11,23H2,(H,24,32)(H,25,33)(H,26,34)(H,28,29)(H,30,31)(H,35,36).